The fourth-order valence-electron chi connectivity index (χ4n) is 3.41. The Hall–Kier alpha value is -2.62. The Labute approximate surface area is 161 Å². The number of amides is 1. The summed E-state index contributed by atoms with van der Waals surface area (Å²) in [5.41, 5.74) is 5.21. The first-order chi connectivity index (χ1) is 12.8. The van der Waals surface area contributed by atoms with Crippen LogP contribution in [0.5, 0.6) is 5.75 Å². The third kappa shape index (κ3) is 4.05. The van der Waals surface area contributed by atoms with Gasteiger partial charge in [0.25, 0.3) is 0 Å². The molecule has 0 unspecified atom stereocenters. The lowest BCUT2D eigenvalue weighted by Crippen LogP contribution is -2.27. The number of nitrogens with zero attached hydrogens (tertiary/aromatic N) is 1. The number of carbonyl (C=O) groups is 2. The van der Waals surface area contributed by atoms with Gasteiger partial charge in [0.15, 0.2) is 0 Å². The molecule has 0 saturated carbocycles. The summed E-state index contributed by atoms with van der Waals surface area (Å²) in [6.07, 6.45) is 0.189. The second-order valence-corrected chi connectivity index (χ2v) is 7.79. The average Bonchev–Trinajstić information content (AvgIpc) is 2.99. The summed E-state index contributed by atoms with van der Waals surface area (Å²) in [4.78, 5) is 26.9. The van der Waals surface area contributed by atoms with E-state index in [1.165, 1.54) is 5.56 Å². The van der Waals surface area contributed by atoms with E-state index < -0.39 is 5.92 Å². The van der Waals surface area contributed by atoms with Gasteiger partial charge in [-0.2, -0.15) is 0 Å². The van der Waals surface area contributed by atoms with E-state index in [0.29, 0.717) is 12.3 Å². The molecule has 1 amide bonds. The third-order valence-electron chi connectivity index (χ3n) is 5.26. The summed E-state index contributed by atoms with van der Waals surface area (Å²) in [5, 5.41) is 0. The van der Waals surface area contributed by atoms with Crippen molar-refractivity contribution in [1.82, 2.24) is 0 Å². The van der Waals surface area contributed by atoms with Gasteiger partial charge in [0.05, 0.1) is 5.92 Å². The number of rotatable bonds is 4. The number of anilines is 1. The van der Waals surface area contributed by atoms with E-state index in [2.05, 4.69) is 13.8 Å². The summed E-state index contributed by atoms with van der Waals surface area (Å²) in [6, 6.07) is 11.9. The van der Waals surface area contributed by atoms with Crippen molar-refractivity contribution in [3.63, 3.8) is 0 Å². The van der Waals surface area contributed by atoms with Crippen LogP contribution < -0.4 is 9.64 Å². The fraction of sp³-hybridized carbons (Fsp3) is 0.391. The standard InChI is InChI=1S/C23H27NO3/c1-14(2)20-9-6-15(3)10-21(20)27-23(26)18-12-22(25)24(13-18)19-8-7-16(4)17(5)11-19/h6-11,14,18H,12-13H2,1-5H3/t18-/m0/s1. The smallest absolute Gasteiger partial charge is 0.316 e. The summed E-state index contributed by atoms with van der Waals surface area (Å²) < 4.78 is 5.73. The molecule has 0 spiro atoms. The van der Waals surface area contributed by atoms with E-state index >= 15 is 0 Å². The Bertz CT molecular complexity index is 885. The number of esters is 1. The third-order valence-corrected chi connectivity index (χ3v) is 5.26. The Morgan fingerprint density at radius 1 is 1.07 bits per heavy atom. The number of hydrogen-bond acceptors (Lipinski definition) is 3. The molecule has 1 atom stereocenters. The highest BCUT2D eigenvalue weighted by molar-refractivity contribution is 5.99. The minimum absolute atomic E-state index is 0.0338. The van der Waals surface area contributed by atoms with Gasteiger partial charge < -0.3 is 9.64 Å². The van der Waals surface area contributed by atoms with E-state index in [0.717, 1.165) is 22.4 Å². The molecule has 1 heterocycles. The topological polar surface area (TPSA) is 46.6 Å². The van der Waals surface area contributed by atoms with Crippen LogP contribution in [0, 0.1) is 26.7 Å². The highest BCUT2D eigenvalue weighted by Gasteiger charge is 2.36. The van der Waals surface area contributed by atoms with Crippen molar-refractivity contribution >= 4 is 17.6 Å². The molecule has 4 heteroatoms. The maximum atomic E-state index is 12.7. The van der Waals surface area contributed by atoms with Gasteiger partial charge in [-0.25, -0.2) is 0 Å². The van der Waals surface area contributed by atoms with Crippen LogP contribution in [0.15, 0.2) is 36.4 Å². The second kappa shape index (κ2) is 7.55. The van der Waals surface area contributed by atoms with E-state index in [9.17, 15) is 9.59 Å². The number of hydrogen-bond donors (Lipinski definition) is 0. The van der Waals surface area contributed by atoms with E-state index in [-0.39, 0.29) is 24.2 Å². The lowest BCUT2D eigenvalue weighted by atomic mass is 10.0. The van der Waals surface area contributed by atoms with Gasteiger partial charge in [0, 0.05) is 18.7 Å². The zero-order valence-corrected chi connectivity index (χ0v) is 16.7. The molecule has 1 fully saturated rings. The van der Waals surface area contributed by atoms with Crippen LogP contribution in [0.4, 0.5) is 5.69 Å². The van der Waals surface area contributed by atoms with Crippen molar-refractivity contribution in [2.75, 3.05) is 11.4 Å². The minimum Gasteiger partial charge on any atom is -0.426 e. The van der Waals surface area contributed by atoms with Crippen molar-refractivity contribution in [2.24, 2.45) is 5.92 Å². The van der Waals surface area contributed by atoms with Crippen LogP contribution in [-0.2, 0) is 9.59 Å². The molecular weight excluding hydrogens is 338 g/mol. The van der Waals surface area contributed by atoms with Gasteiger partial charge in [-0.15, -0.1) is 0 Å². The zero-order chi connectivity index (χ0) is 19.7. The summed E-state index contributed by atoms with van der Waals surface area (Å²) in [7, 11) is 0. The van der Waals surface area contributed by atoms with Crippen molar-refractivity contribution < 1.29 is 14.3 Å². The zero-order valence-electron chi connectivity index (χ0n) is 16.7. The molecule has 2 aromatic rings. The van der Waals surface area contributed by atoms with E-state index in [1.54, 1.807) is 4.90 Å². The highest BCUT2D eigenvalue weighted by Crippen LogP contribution is 2.31. The number of ether oxygens (including phenoxy) is 1. The molecule has 27 heavy (non-hydrogen) atoms. The minimum atomic E-state index is -0.445. The monoisotopic (exact) mass is 365 g/mol. The first-order valence-electron chi connectivity index (χ1n) is 9.46. The summed E-state index contributed by atoms with van der Waals surface area (Å²) in [5.74, 6) is 0.0491. The van der Waals surface area contributed by atoms with Crippen LogP contribution in [-0.4, -0.2) is 18.4 Å². The molecule has 0 N–H and O–H groups in total. The SMILES string of the molecule is Cc1ccc(C(C)C)c(OC(=O)[C@H]2CC(=O)N(c3ccc(C)c(C)c3)C2)c1. The van der Waals surface area contributed by atoms with Gasteiger partial charge in [-0.05, 0) is 67.1 Å². The quantitative estimate of drug-likeness (QED) is 0.583. The Kier molecular flexibility index (Phi) is 5.36. The van der Waals surface area contributed by atoms with Crippen molar-refractivity contribution in [2.45, 2.75) is 47.0 Å². The molecule has 0 aliphatic carbocycles. The normalized spacial score (nSPS) is 16.9. The van der Waals surface area contributed by atoms with Gasteiger partial charge in [-0.3, -0.25) is 9.59 Å². The summed E-state index contributed by atoms with van der Waals surface area (Å²) in [6.45, 7) is 10.5. The van der Waals surface area contributed by atoms with E-state index in [1.807, 2.05) is 57.2 Å². The van der Waals surface area contributed by atoms with Crippen LogP contribution in [0.2, 0.25) is 0 Å². The maximum Gasteiger partial charge on any atom is 0.316 e. The Morgan fingerprint density at radius 2 is 1.81 bits per heavy atom. The fourth-order valence-corrected chi connectivity index (χ4v) is 3.41. The van der Waals surface area contributed by atoms with Crippen LogP contribution in [0.25, 0.3) is 0 Å². The van der Waals surface area contributed by atoms with Crippen molar-refractivity contribution in [1.29, 1.82) is 0 Å². The van der Waals surface area contributed by atoms with Gasteiger partial charge in [-0.1, -0.05) is 32.0 Å². The largest absolute Gasteiger partial charge is 0.426 e. The molecule has 0 radical (unpaired) electrons. The number of benzene rings is 2. The molecule has 0 aromatic heterocycles. The molecule has 1 aliphatic heterocycles. The van der Waals surface area contributed by atoms with Crippen LogP contribution in [0.3, 0.4) is 0 Å². The molecule has 1 saturated heterocycles. The number of aryl methyl sites for hydroxylation is 3. The molecule has 3 rings (SSSR count). The molecule has 2 aromatic carbocycles. The molecule has 142 valence electrons. The molecule has 4 nitrogen and oxygen atoms in total. The number of carbonyl (C=O) groups excluding carboxylic acids is 2. The lowest BCUT2D eigenvalue weighted by Gasteiger charge is -2.18. The predicted molar refractivity (Wildman–Crippen MR) is 107 cm³/mol. The molecule has 1 aliphatic rings. The van der Waals surface area contributed by atoms with Gasteiger partial charge >= 0.3 is 5.97 Å². The Balaban J connectivity index is 1.76. The highest BCUT2D eigenvalue weighted by atomic mass is 16.5. The first-order valence-corrected chi connectivity index (χ1v) is 9.46. The van der Waals surface area contributed by atoms with Gasteiger partial charge in [0.2, 0.25) is 5.91 Å². The van der Waals surface area contributed by atoms with Crippen LogP contribution >= 0.6 is 0 Å². The Morgan fingerprint density at radius 3 is 2.48 bits per heavy atom. The first kappa shape index (κ1) is 19.2. The summed E-state index contributed by atoms with van der Waals surface area (Å²) >= 11 is 0. The predicted octanol–water partition coefficient (Wildman–Crippen LogP) is 4.69. The van der Waals surface area contributed by atoms with Gasteiger partial charge in [0.1, 0.15) is 5.75 Å². The van der Waals surface area contributed by atoms with E-state index in [4.69, 9.17) is 4.74 Å². The second-order valence-electron chi connectivity index (χ2n) is 7.79. The molecule has 0 bridgehead atoms. The maximum absolute atomic E-state index is 12.7. The lowest BCUT2D eigenvalue weighted by molar-refractivity contribution is -0.139. The van der Waals surface area contributed by atoms with Crippen molar-refractivity contribution in [3.8, 4) is 5.75 Å². The average molecular weight is 365 g/mol. The van der Waals surface area contributed by atoms with Crippen molar-refractivity contribution in [3.05, 3.63) is 58.7 Å². The van der Waals surface area contributed by atoms with Crippen LogP contribution in [0.1, 0.15) is 48.4 Å². The molecular formula is C23H27NO3.